The predicted octanol–water partition coefficient (Wildman–Crippen LogP) is 3.03. The summed E-state index contributed by atoms with van der Waals surface area (Å²) in [4.78, 5) is 19.5. The molecule has 0 bridgehead atoms. The van der Waals surface area contributed by atoms with E-state index in [9.17, 15) is 4.79 Å². The first-order valence-corrected chi connectivity index (χ1v) is 10.1. The Hall–Kier alpha value is -2.73. The van der Waals surface area contributed by atoms with E-state index in [1.54, 1.807) is 12.3 Å². The Balaban J connectivity index is 1.41. The Morgan fingerprint density at radius 1 is 1.11 bits per heavy atom. The summed E-state index contributed by atoms with van der Waals surface area (Å²) in [6.45, 7) is 3.74. The van der Waals surface area contributed by atoms with Gasteiger partial charge in [-0.2, -0.15) is 5.10 Å². The first-order valence-electron chi connectivity index (χ1n) is 10.1. The molecule has 1 aromatic heterocycles. The van der Waals surface area contributed by atoms with Crippen molar-refractivity contribution in [3.05, 3.63) is 59.4 Å². The van der Waals surface area contributed by atoms with Crippen molar-refractivity contribution in [3.8, 4) is 5.75 Å². The Morgan fingerprint density at radius 3 is 2.86 bits per heavy atom. The molecule has 1 aliphatic carbocycles. The van der Waals surface area contributed by atoms with Gasteiger partial charge in [0.1, 0.15) is 12.4 Å². The zero-order valence-corrected chi connectivity index (χ0v) is 16.1. The van der Waals surface area contributed by atoms with Crippen LogP contribution in [0.2, 0.25) is 0 Å². The van der Waals surface area contributed by atoms with Crippen molar-refractivity contribution in [2.75, 3.05) is 26.2 Å². The van der Waals surface area contributed by atoms with Crippen LogP contribution in [0, 0.1) is 0 Å². The summed E-state index contributed by atoms with van der Waals surface area (Å²) in [6.07, 6.45) is 7.13. The lowest BCUT2D eigenvalue weighted by molar-refractivity contribution is 0.0950. The molecule has 4 rings (SSSR count). The number of ether oxygens (including phenoxy) is 1. The van der Waals surface area contributed by atoms with Crippen LogP contribution in [0.4, 0.5) is 0 Å². The molecule has 2 aliphatic rings. The fourth-order valence-electron chi connectivity index (χ4n) is 3.82. The largest absolute Gasteiger partial charge is 0.491 e. The Bertz CT molecular complexity index is 859. The summed E-state index contributed by atoms with van der Waals surface area (Å²) in [5.74, 6) is 0.342. The zero-order chi connectivity index (χ0) is 19.2. The van der Waals surface area contributed by atoms with Crippen molar-refractivity contribution in [1.82, 2.24) is 15.3 Å². The average Bonchev–Trinajstić information content (AvgIpc) is 3.26. The number of hydrazone groups is 1. The maximum Gasteiger partial charge on any atom is 0.275 e. The van der Waals surface area contributed by atoms with Crippen LogP contribution in [-0.2, 0) is 6.42 Å². The van der Waals surface area contributed by atoms with Gasteiger partial charge in [-0.3, -0.25) is 14.7 Å². The van der Waals surface area contributed by atoms with E-state index in [4.69, 9.17) is 4.74 Å². The van der Waals surface area contributed by atoms with Gasteiger partial charge < -0.3 is 4.74 Å². The molecule has 1 saturated heterocycles. The van der Waals surface area contributed by atoms with Crippen molar-refractivity contribution in [1.29, 1.82) is 0 Å². The third-order valence-corrected chi connectivity index (χ3v) is 5.31. The van der Waals surface area contributed by atoms with Gasteiger partial charge in [-0.25, -0.2) is 5.43 Å². The summed E-state index contributed by atoms with van der Waals surface area (Å²) < 4.78 is 5.90. The van der Waals surface area contributed by atoms with Crippen LogP contribution in [0.3, 0.4) is 0 Å². The normalized spacial score (nSPS) is 18.1. The number of carbonyl (C=O) groups excluding carboxylic acids is 1. The van der Waals surface area contributed by atoms with Crippen molar-refractivity contribution < 1.29 is 9.53 Å². The van der Waals surface area contributed by atoms with Crippen LogP contribution in [0.15, 0.2) is 47.7 Å². The molecule has 1 N–H and O–H groups in total. The van der Waals surface area contributed by atoms with E-state index >= 15 is 0 Å². The third kappa shape index (κ3) is 4.39. The summed E-state index contributed by atoms with van der Waals surface area (Å²) in [5, 5.41) is 4.38. The number of hydrogen-bond donors (Lipinski definition) is 1. The Labute approximate surface area is 165 Å². The van der Waals surface area contributed by atoms with Crippen LogP contribution in [0.1, 0.15) is 47.3 Å². The van der Waals surface area contributed by atoms with Gasteiger partial charge in [-0.1, -0.05) is 18.2 Å². The maximum atomic E-state index is 12.7. The molecular weight excluding hydrogens is 352 g/mol. The minimum atomic E-state index is -0.257. The number of likely N-dealkylation sites (tertiary alicyclic amines) is 1. The predicted molar refractivity (Wildman–Crippen MR) is 109 cm³/mol. The molecule has 1 fully saturated rings. The highest BCUT2D eigenvalue weighted by Crippen LogP contribution is 2.20. The lowest BCUT2D eigenvalue weighted by atomic mass is 9.95. The number of nitrogens with one attached hydrogen (secondary N) is 1. The highest BCUT2D eigenvalue weighted by atomic mass is 16.5. The fourth-order valence-corrected chi connectivity index (χ4v) is 3.82. The van der Waals surface area contributed by atoms with Crippen LogP contribution >= 0.6 is 0 Å². The molecule has 1 aromatic carbocycles. The smallest absolute Gasteiger partial charge is 0.275 e. The SMILES string of the molecule is O=C(N/N=C1\CCCc2cccnc21)c1ccccc1OCCN1CCCC1. The highest BCUT2D eigenvalue weighted by molar-refractivity contribution is 6.03. The van der Waals surface area contributed by atoms with Gasteiger partial charge in [0.25, 0.3) is 5.91 Å². The van der Waals surface area contributed by atoms with Crippen LogP contribution in [-0.4, -0.2) is 47.7 Å². The Kier molecular flexibility index (Phi) is 5.97. The number of aryl methyl sites for hydroxylation is 1. The number of hydrogen-bond acceptors (Lipinski definition) is 5. The van der Waals surface area contributed by atoms with Crippen molar-refractivity contribution >= 4 is 11.6 Å². The van der Waals surface area contributed by atoms with Gasteiger partial charge in [0.15, 0.2) is 0 Å². The van der Waals surface area contributed by atoms with Crippen LogP contribution in [0.5, 0.6) is 5.75 Å². The van der Waals surface area contributed by atoms with E-state index in [0.29, 0.717) is 17.9 Å². The summed E-state index contributed by atoms with van der Waals surface area (Å²) in [5.41, 5.74) is 6.12. The molecule has 6 heteroatoms. The standard InChI is InChI=1S/C22H26N4O2/c27-22(25-24-19-10-5-7-17-8-6-12-23-21(17)19)18-9-1-2-11-20(18)28-16-15-26-13-3-4-14-26/h1-2,6,8-9,11-12H,3-5,7,10,13-16H2,(H,25,27)/b24-19+. The molecule has 28 heavy (non-hydrogen) atoms. The quantitative estimate of drug-likeness (QED) is 0.785. The second-order valence-electron chi connectivity index (χ2n) is 7.26. The minimum absolute atomic E-state index is 0.257. The number of aromatic nitrogens is 1. The summed E-state index contributed by atoms with van der Waals surface area (Å²) in [7, 11) is 0. The molecule has 1 amide bonds. The molecule has 146 valence electrons. The zero-order valence-electron chi connectivity index (χ0n) is 16.1. The van der Waals surface area contributed by atoms with Gasteiger partial charge in [-0.05, 0) is 69.0 Å². The number of fused-ring (bicyclic) bond motifs is 1. The van der Waals surface area contributed by atoms with E-state index < -0.39 is 0 Å². The third-order valence-electron chi connectivity index (χ3n) is 5.31. The van der Waals surface area contributed by atoms with Gasteiger partial charge in [-0.15, -0.1) is 0 Å². The van der Waals surface area contributed by atoms with Crippen LogP contribution < -0.4 is 10.2 Å². The first-order chi connectivity index (χ1) is 13.8. The topological polar surface area (TPSA) is 66.8 Å². The Morgan fingerprint density at radius 2 is 1.96 bits per heavy atom. The van der Waals surface area contributed by atoms with Crippen molar-refractivity contribution in [3.63, 3.8) is 0 Å². The molecule has 0 radical (unpaired) electrons. The first kappa shape index (κ1) is 18.6. The summed E-state index contributed by atoms with van der Waals surface area (Å²) >= 11 is 0. The van der Waals surface area contributed by atoms with E-state index in [1.807, 2.05) is 24.3 Å². The van der Waals surface area contributed by atoms with E-state index in [2.05, 4.69) is 26.5 Å². The number of benzene rings is 1. The maximum absolute atomic E-state index is 12.7. The fraction of sp³-hybridized carbons (Fsp3) is 0.409. The second kappa shape index (κ2) is 8.97. The number of nitrogens with zero attached hydrogens (tertiary/aromatic N) is 3. The van der Waals surface area contributed by atoms with Crippen LogP contribution in [0.25, 0.3) is 0 Å². The summed E-state index contributed by atoms with van der Waals surface area (Å²) in [6, 6.07) is 11.3. The number of rotatable bonds is 6. The monoisotopic (exact) mass is 378 g/mol. The lowest BCUT2D eigenvalue weighted by Gasteiger charge is -2.17. The van der Waals surface area contributed by atoms with E-state index in [1.165, 1.54) is 18.4 Å². The molecule has 0 atom stereocenters. The average molecular weight is 378 g/mol. The molecule has 2 heterocycles. The molecule has 6 nitrogen and oxygen atoms in total. The highest BCUT2D eigenvalue weighted by Gasteiger charge is 2.18. The second-order valence-corrected chi connectivity index (χ2v) is 7.26. The lowest BCUT2D eigenvalue weighted by Crippen LogP contribution is -2.26. The number of carbonyl (C=O) groups is 1. The molecule has 1 aliphatic heterocycles. The number of amides is 1. The minimum Gasteiger partial charge on any atom is -0.491 e. The molecule has 2 aromatic rings. The molecule has 0 saturated carbocycles. The van der Waals surface area contributed by atoms with Gasteiger partial charge in [0, 0.05) is 12.7 Å². The van der Waals surface area contributed by atoms with E-state index in [0.717, 1.165) is 50.3 Å². The number of pyridine rings is 1. The van der Waals surface area contributed by atoms with E-state index in [-0.39, 0.29) is 5.91 Å². The van der Waals surface area contributed by atoms with Gasteiger partial charge in [0.05, 0.1) is 17.0 Å². The van der Waals surface area contributed by atoms with Crippen molar-refractivity contribution in [2.45, 2.75) is 32.1 Å². The molecule has 0 spiro atoms. The van der Waals surface area contributed by atoms with Gasteiger partial charge in [0.2, 0.25) is 0 Å². The van der Waals surface area contributed by atoms with Gasteiger partial charge >= 0.3 is 0 Å². The molecule has 0 unspecified atom stereocenters. The van der Waals surface area contributed by atoms with Crippen molar-refractivity contribution in [2.24, 2.45) is 5.10 Å². The molecular formula is C22H26N4O2. The number of para-hydroxylation sites is 1.